The molecule has 0 amide bonds. The summed E-state index contributed by atoms with van der Waals surface area (Å²) in [5.41, 5.74) is 1.21. The number of aliphatic hydroxyl groups excluding tert-OH is 1. The van der Waals surface area contributed by atoms with Gasteiger partial charge in [-0.3, -0.25) is 0 Å². The van der Waals surface area contributed by atoms with Crippen molar-refractivity contribution < 1.29 is 9.84 Å². The Morgan fingerprint density at radius 3 is 3.08 bits per heavy atom. The second-order valence-corrected chi connectivity index (χ2v) is 3.17. The molecule has 0 bridgehead atoms. The molecule has 64 valence electrons. The van der Waals surface area contributed by atoms with E-state index in [9.17, 15) is 0 Å². The van der Waals surface area contributed by atoms with E-state index in [1.807, 2.05) is 18.2 Å². The summed E-state index contributed by atoms with van der Waals surface area (Å²) in [5.74, 6) is 1.25. The average Bonchev–Trinajstić information content (AvgIpc) is 2.17. The maximum absolute atomic E-state index is 8.94. The van der Waals surface area contributed by atoms with Gasteiger partial charge in [-0.15, -0.1) is 0 Å². The molecule has 1 heterocycles. The second kappa shape index (κ2) is 3.15. The molecule has 2 nitrogen and oxygen atoms in total. The van der Waals surface area contributed by atoms with Gasteiger partial charge in [-0.2, -0.15) is 0 Å². The third kappa shape index (κ3) is 1.30. The maximum atomic E-state index is 8.94. The first kappa shape index (κ1) is 7.62. The van der Waals surface area contributed by atoms with Crippen LogP contribution in [0.3, 0.4) is 0 Å². The first-order valence-corrected chi connectivity index (χ1v) is 4.21. The summed E-state index contributed by atoms with van der Waals surface area (Å²) in [6.45, 7) is 0.863. The van der Waals surface area contributed by atoms with Crippen molar-refractivity contribution >= 4 is 0 Å². The van der Waals surface area contributed by atoms with Gasteiger partial charge >= 0.3 is 0 Å². The van der Waals surface area contributed by atoms with E-state index in [0.29, 0.717) is 6.61 Å². The summed E-state index contributed by atoms with van der Waals surface area (Å²) in [4.78, 5) is 0. The van der Waals surface area contributed by atoms with Crippen LogP contribution in [0, 0.1) is 5.92 Å². The Bertz CT molecular complexity index is 270. The third-order valence-corrected chi connectivity index (χ3v) is 2.21. The Labute approximate surface area is 71.8 Å². The van der Waals surface area contributed by atoms with Crippen molar-refractivity contribution in [2.75, 3.05) is 13.2 Å². The zero-order valence-corrected chi connectivity index (χ0v) is 6.86. The number of ether oxygens (including phenoxy) is 1. The molecule has 0 radical (unpaired) electrons. The highest BCUT2D eigenvalue weighted by Gasteiger charge is 2.17. The van der Waals surface area contributed by atoms with Crippen LogP contribution in [0.4, 0.5) is 0 Å². The van der Waals surface area contributed by atoms with Crippen molar-refractivity contribution in [1.82, 2.24) is 0 Å². The number of hydrogen-bond acceptors (Lipinski definition) is 2. The van der Waals surface area contributed by atoms with Crippen LogP contribution in [-0.2, 0) is 6.42 Å². The largest absolute Gasteiger partial charge is 0.493 e. The molecule has 1 aliphatic rings. The lowest BCUT2D eigenvalue weighted by molar-refractivity contribution is 0.147. The predicted octanol–water partition coefficient (Wildman–Crippen LogP) is 1.23. The molecule has 0 fully saturated rings. The molecule has 2 rings (SSSR count). The van der Waals surface area contributed by atoms with Crippen LogP contribution >= 0.6 is 0 Å². The predicted molar refractivity (Wildman–Crippen MR) is 46.2 cm³/mol. The summed E-state index contributed by atoms with van der Waals surface area (Å²) >= 11 is 0. The minimum atomic E-state index is 0.217. The summed E-state index contributed by atoms with van der Waals surface area (Å²) in [5, 5.41) is 8.94. The standard InChI is InChI=1S/C10H12O2/c11-6-8-5-9-3-1-2-4-10(9)12-7-8/h1-4,8,11H,5-7H2/t8-/m1/s1. The monoisotopic (exact) mass is 164 g/mol. The highest BCUT2D eigenvalue weighted by Crippen LogP contribution is 2.26. The van der Waals surface area contributed by atoms with E-state index in [1.54, 1.807) is 0 Å². The normalized spacial score (nSPS) is 21.2. The number of hydrogen-bond donors (Lipinski definition) is 1. The maximum Gasteiger partial charge on any atom is 0.122 e. The average molecular weight is 164 g/mol. The Kier molecular flexibility index (Phi) is 2.00. The van der Waals surface area contributed by atoms with Gasteiger partial charge in [-0.1, -0.05) is 18.2 Å². The molecule has 0 saturated heterocycles. The van der Waals surface area contributed by atoms with Gasteiger partial charge in [0.1, 0.15) is 5.75 Å². The van der Waals surface area contributed by atoms with Crippen LogP contribution in [-0.4, -0.2) is 18.3 Å². The molecule has 1 N–H and O–H groups in total. The summed E-state index contributed by atoms with van der Waals surface area (Å²) in [7, 11) is 0. The SMILES string of the molecule is OC[C@@H]1COc2ccccc2C1. The summed E-state index contributed by atoms with van der Waals surface area (Å²) in [6, 6.07) is 8.00. The molecule has 0 unspecified atom stereocenters. The van der Waals surface area contributed by atoms with Crippen LogP contribution in [0.15, 0.2) is 24.3 Å². The van der Waals surface area contributed by atoms with Gasteiger partial charge in [-0.05, 0) is 18.1 Å². The number of benzene rings is 1. The number of fused-ring (bicyclic) bond motifs is 1. The van der Waals surface area contributed by atoms with Gasteiger partial charge in [0.25, 0.3) is 0 Å². The molecule has 1 aliphatic heterocycles. The van der Waals surface area contributed by atoms with E-state index in [2.05, 4.69) is 6.07 Å². The Hall–Kier alpha value is -1.02. The molecule has 2 heteroatoms. The van der Waals surface area contributed by atoms with Crippen LogP contribution in [0.1, 0.15) is 5.56 Å². The van der Waals surface area contributed by atoms with Crippen molar-refractivity contribution in [3.63, 3.8) is 0 Å². The van der Waals surface area contributed by atoms with Crippen LogP contribution in [0.5, 0.6) is 5.75 Å². The van der Waals surface area contributed by atoms with E-state index >= 15 is 0 Å². The van der Waals surface area contributed by atoms with E-state index in [-0.39, 0.29) is 12.5 Å². The summed E-state index contributed by atoms with van der Waals surface area (Å²) < 4.78 is 5.47. The minimum absolute atomic E-state index is 0.217. The van der Waals surface area contributed by atoms with Gasteiger partial charge in [0.05, 0.1) is 6.61 Å². The fraction of sp³-hybridized carbons (Fsp3) is 0.400. The van der Waals surface area contributed by atoms with Crippen molar-refractivity contribution in [3.8, 4) is 5.75 Å². The Morgan fingerprint density at radius 1 is 1.42 bits per heavy atom. The Morgan fingerprint density at radius 2 is 2.25 bits per heavy atom. The van der Waals surface area contributed by atoms with E-state index in [0.717, 1.165) is 12.2 Å². The van der Waals surface area contributed by atoms with E-state index in [4.69, 9.17) is 9.84 Å². The second-order valence-electron chi connectivity index (χ2n) is 3.17. The van der Waals surface area contributed by atoms with Crippen molar-refractivity contribution in [2.24, 2.45) is 5.92 Å². The molecule has 1 atom stereocenters. The smallest absolute Gasteiger partial charge is 0.122 e. The fourth-order valence-electron chi connectivity index (χ4n) is 1.51. The zero-order chi connectivity index (χ0) is 8.39. The quantitative estimate of drug-likeness (QED) is 0.676. The number of rotatable bonds is 1. The van der Waals surface area contributed by atoms with Crippen LogP contribution < -0.4 is 4.74 Å². The molecule has 12 heavy (non-hydrogen) atoms. The summed E-state index contributed by atoms with van der Waals surface area (Å²) in [6.07, 6.45) is 0.937. The first-order valence-electron chi connectivity index (χ1n) is 4.21. The van der Waals surface area contributed by atoms with Gasteiger partial charge < -0.3 is 9.84 Å². The van der Waals surface area contributed by atoms with Crippen molar-refractivity contribution in [1.29, 1.82) is 0 Å². The van der Waals surface area contributed by atoms with Crippen LogP contribution in [0.25, 0.3) is 0 Å². The first-order chi connectivity index (χ1) is 5.90. The highest BCUT2D eigenvalue weighted by molar-refractivity contribution is 5.34. The number of para-hydroxylation sites is 1. The molecule has 0 aromatic heterocycles. The lowest BCUT2D eigenvalue weighted by atomic mass is 9.98. The lowest BCUT2D eigenvalue weighted by Gasteiger charge is -2.23. The molecule has 1 aromatic carbocycles. The zero-order valence-electron chi connectivity index (χ0n) is 6.86. The van der Waals surface area contributed by atoms with Crippen molar-refractivity contribution in [2.45, 2.75) is 6.42 Å². The highest BCUT2D eigenvalue weighted by atomic mass is 16.5. The lowest BCUT2D eigenvalue weighted by Crippen LogP contribution is -2.23. The minimum Gasteiger partial charge on any atom is -0.493 e. The number of aliphatic hydroxyl groups is 1. The Balaban J connectivity index is 2.23. The molecule has 0 saturated carbocycles. The fourth-order valence-corrected chi connectivity index (χ4v) is 1.51. The molecule has 0 spiro atoms. The molecular weight excluding hydrogens is 152 g/mol. The van der Waals surface area contributed by atoms with Gasteiger partial charge in [0, 0.05) is 12.5 Å². The van der Waals surface area contributed by atoms with Crippen molar-refractivity contribution in [3.05, 3.63) is 29.8 Å². The molecule has 1 aromatic rings. The van der Waals surface area contributed by atoms with Gasteiger partial charge in [0.15, 0.2) is 0 Å². The van der Waals surface area contributed by atoms with Gasteiger partial charge in [-0.25, -0.2) is 0 Å². The van der Waals surface area contributed by atoms with E-state index < -0.39 is 0 Å². The van der Waals surface area contributed by atoms with Gasteiger partial charge in [0.2, 0.25) is 0 Å². The molecular formula is C10H12O2. The third-order valence-electron chi connectivity index (χ3n) is 2.21. The van der Waals surface area contributed by atoms with E-state index in [1.165, 1.54) is 5.56 Å². The molecule has 0 aliphatic carbocycles. The van der Waals surface area contributed by atoms with Crippen LogP contribution in [0.2, 0.25) is 0 Å². The topological polar surface area (TPSA) is 29.5 Å².